The van der Waals surface area contributed by atoms with Gasteiger partial charge in [-0.05, 0) is 43.9 Å². The molecule has 168 valence electrons. The van der Waals surface area contributed by atoms with Crippen LogP contribution in [0, 0.1) is 6.92 Å². The molecule has 5 heteroatoms. The van der Waals surface area contributed by atoms with Gasteiger partial charge in [0.2, 0.25) is 0 Å². The fraction of sp³-hybridized carbons (Fsp3) is 0.520. The highest BCUT2D eigenvalue weighted by atomic mass is 32.2. The number of rotatable bonds is 11. The third kappa shape index (κ3) is 12.1. The highest BCUT2D eigenvalue weighted by Crippen LogP contribution is 2.10. The van der Waals surface area contributed by atoms with Crippen LogP contribution in [0.4, 0.5) is 0 Å². The van der Waals surface area contributed by atoms with Gasteiger partial charge in [-0.25, -0.2) is 0 Å². The summed E-state index contributed by atoms with van der Waals surface area (Å²) in [5.41, 5.74) is 2.43. The van der Waals surface area contributed by atoms with Gasteiger partial charge in [-0.1, -0.05) is 74.2 Å². The molecule has 0 spiro atoms. The molecule has 1 N–H and O–H groups in total. The first-order valence-electron chi connectivity index (χ1n) is 11.0. The van der Waals surface area contributed by atoms with Crippen LogP contribution < -0.4 is 0 Å². The van der Waals surface area contributed by atoms with Gasteiger partial charge in [0.15, 0.2) is 0 Å². The van der Waals surface area contributed by atoms with Gasteiger partial charge in [0.05, 0.1) is 32.1 Å². The van der Waals surface area contributed by atoms with Gasteiger partial charge >= 0.3 is 0 Å². The summed E-state index contributed by atoms with van der Waals surface area (Å²) in [5, 5.41) is 0. The molecule has 30 heavy (non-hydrogen) atoms. The van der Waals surface area contributed by atoms with Crippen LogP contribution in [0.15, 0.2) is 59.5 Å². The fourth-order valence-electron chi connectivity index (χ4n) is 3.32. The quantitative estimate of drug-likeness (QED) is 0.272. The molecule has 0 aliphatic rings. The van der Waals surface area contributed by atoms with E-state index in [-0.39, 0.29) is 4.90 Å². The van der Waals surface area contributed by atoms with Crippen molar-refractivity contribution >= 4 is 10.1 Å². The molecular weight excluding hydrogens is 394 g/mol. The predicted molar refractivity (Wildman–Crippen MR) is 126 cm³/mol. The average Bonchev–Trinajstić information content (AvgIpc) is 2.68. The monoisotopic (exact) mass is 434 g/mol. The Morgan fingerprint density at radius 1 is 0.800 bits per heavy atom. The van der Waals surface area contributed by atoms with E-state index in [1.165, 1.54) is 80.2 Å². The predicted octanol–water partition coefficient (Wildman–Crippen LogP) is 5.91. The molecule has 0 fully saturated rings. The van der Waals surface area contributed by atoms with Crippen LogP contribution >= 0.6 is 0 Å². The molecule has 0 unspecified atom stereocenters. The number of unbranched alkanes of at least 4 members (excludes halogenated alkanes) is 4. The van der Waals surface area contributed by atoms with E-state index in [1.54, 1.807) is 12.1 Å². The Kier molecular flexibility index (Phi) is 11.9. The van der Waals surface area contributed by atoms with Crippen LogP contribution in [0.1, 0.15) is 56.6 Å². The molecule has 0 saturated heterocycles. The van der Waals surface area contributed by atoms with E-state index in [0.29, 0.717) is 0 Å². The summed E-state index contributed by atoms with van der Waals surface area (Å²) in [5.74, 6) is 0. The molecule has 0 bridgehead atoms. The zero-order valence-corrected chi connectivity index (χ0v) is 20.0. The van der Waals surface area contributed by atoms with Crippen molar-refractivity contribution in [1.82, 2.24) is 0 Å². The molecule has 2 aromatic rings. The zero-order chi connectivity index (χ0) is 22.5. The summed E-state index contributed by atoms with van der Waals surface area (Å²) < 4.78 is 30.7. The maximum Gasteiger partial charge on any atom is 0.294 e. The van der Waals surface area contributed by atoms with Crippen molar-refractivity contribution in [2.45, 2.75) is 63.7 Å². The third-order valence-corrected chi connectivity index (χ3v) is 6.13. The van der Waals surface area contributed by atoms with Crippen molar-refractivity contribution in [1.29, 1.82) is 0 Å². The van der Waals surface area contributed by atoms with Crippen molar-refractivity contribution in [3.63, 3.8) is 0 Å². The first-order valence-corrected chi connectivity index (χ1v) is 12.5. The second-order valence-corrected chi connectivity index (χ2v) is 10.1. The first kappa shape index (κ1) is 26.3. The van der Waals surface area contributed by atoms with Crippen LogP contribution in [-0.4, -0.2) is 44.6 Å². The minimum Gasteiger partial charge on any atom is -0.328 e. The van der Waals surface area contributed by atoms with Crippen LogP contribution in [0.5, 0.6) is 0 Å². The molecule has 0 aromatic heterocycles. The maximum atomic E-state index is 10.5. The molecule has 0 aliphatic carbocycles. The molecule has 2 aromatic carbocycles. The zero-order valence-electron chi connectivity index (χ0n) is 19.2. The lowest BCUT2D eigenvalue weighted by Crippen LogP contribution is -2.41. The number of aryl methyl sites for hydroxylation is 2. The number of nitrogens with zero attached hydrogens (tertiary/aromatic N) is 1. The standard InChI is InChI=1S/C18H32N.C7H8O3S/c1-4-5-6-7-11-16-19(2,3)17-12-15-18-13-9-8-10-14-18;1-6-2-4-7(5-3-6)11(8,9)10/h8-10,13-14H,4-7,11-12,15-17H2,1-3H3;2-5H,1H3,(H,8,9,10)/q+1;. The Morgan fingerprint density at radius 3 is 1.93 bits per heavy atom. The first-order chi connectivity index (χ1) is 14.1. The van der Waals surface area contributed by atoms with Crippen molar-refractivity contribution in [2.24, 2.45) is 0 Å². The highest BCUT2D eigenvalue weighted by Gasteiger charge is 2.13. The second kappa shape index (κ2) is 13.6. The van der Waals surface area contributed by atoms with Crippen LogP contribution in [0.25, 0.3) is 0 Å². The van der Waals surface area contributed by atoms with Crippen molar-refractivity contribution < 1.29 is 17.5 Å². The van der Waals surface area contributed by atoms with Gasteiger partial charge in [-0.15, -0.1) is 0 Å². The van der Waals surface area contributed by atoms with Gasteiger partial charge in [0, 0.05) is 6.42 Å². The summed E-state index contributed by atoms with van der Waals surface area (Å²) in [6, 6.07) is 16.9. The molecule has 0 atom stereocenters. The van der Waals surface area contributed by atoms with Gasteiger partial charge in [0.1, 0.15) is 0 Å². The van der Waals surface area contributed by atoms with E-state index in [2.05, 4.69) is 51.4 Å². The summed E-state index contributed by atoms with van der Waals surface area (Å²) in [4.78, 5) is -0.0666. The van der Waals surface area contributed by atoms with E-state index in [9.17, 15) is 8.42 Å². The van der Waals surface area contributed by atoms with Crippen LogP contribution in [-0.2, 0) is 16.5 Å². The van der Waals surface area contributed by atoms with E-state index < -0.39 is 10.1 Å². The minimum atomic E-state index is -4.02. The minimum absolute atomic E-state index is 0.0666. The van der Waals surface area contributed by atoms with E-state index in [0.717, 1.165) is 5.56 Å². The summed E-state index contributed by atoms with van der Waals surface area (Å²) >= 11 is 0. The summed E-state index contributed by atoms with van der Waals surface area (Å²) in [6.07, 6.45) is 9.48. The van der Waals surface area contributed by atoms with Gasteiger partial charge in [-0.3, -0.25) is 4.55 Å². The largest absolute Gasteiger partial charge is 0.328 e. The van der Waals surface area contributed by atoms with E-state index >= 15 is 0 Å². The maximum absolute atomic E-state index is 10.5. The Labute approximate surface area is 184 Å². The van der Waals surface area contributed by atoms with Gasteiger partial charge in [0.25, 0.3) is 10.1 Å². The second-order valence-electron chi connectivity index (χ2n) is 8.67. The summed E-state index contributed by atoms with van der Waals surface area (Å²) in [7, 11) is 0.740. The fourth-order valence-corrected chi connectivity index (χ4v) is 3.80. The van der Waals surface area contributed by atoms with E-state index in [1.807, 2.05) is 6.92 Å². The Morgan fingerprint density at radius 2 is 1.37 bits per heavy atom. The average molecular weight is 435 g/mol. The molecular formula is C25H40NO3S+. The van der Waals surface area contributed by atoms with Gasteiger partial charge in [-0.2, -0.15) is 8.42 Å². The van der Waals surface area contributed by atoms with Crippen molar-refractivity contribution in [3.8, 4) is 0 Å². The Bertz CT molecular complexity index is 800. The van der Waals surface area contributed by atoms with Crippen LogP contribution in [0.3, 0.4) is 0 Å². The topological polar surface area (TPSA) is 54.4 Å². The van der Waals surface area contributed by atoms with Crippen molar-refractivity contribution in [2.75, 3.05) is 27.2 Å². The SMILES string of the molecule is CCCCCCC[N+](C)(C)CCCc1ccccc1.Cc1ccc(S(=O)(=O)O)cc1. The molecule has 2 rings (SSSR count). The number of quaternary nitrogens is 1. The lowest BCUT2D eigenvalue weighted by molar-refractivity contribution is -0.890. The molecule has 0 saturated carbocycles. The van der Waals surface area contributed by atoms with Crippen molar-refractivity contribution in [3.05, 3.63) is 65.7 Å². The van der Waals surface area contributed by atoms with Gasteiger partial charge < -0.3 is 4.48 Å². The molecule has 0 aliphatic heterocycles. The summed E-state index contributed by atoms with van der Waals surface area (Å²) in [6.45, 7) is 6.75. The molecule has 0 heterocycles. The Hall–Kier alpha value is -1.69. The molecule has 0 amide bonds. The third-order valence-electron chi connectivity index (χ3n) is 5.26. The lowest BCUT2D eigenvalue weighted by atomic mass is 10.1. The van der Waals surface area contributed by atoms with E-state index in [4.69, 9.17) is 4.55 Å². The number of hydrogen-bond acceptors (Lipinski definition) is 2. The van der Waals surface area contributed by atoms with Crippen LogP contribution in [0.2, 0.25) is 0 Å². The smallest absolute Gasteiger partial charge is 0.294 e. The molecule has 4 nitrogen and oxygen atoms in total. The lowest BCUT2D eigenvalue weighted by Gasteiger charge is -2.30. The number of hydrogen-bond donors (Lipinski definition) is 1. The molecule has 0 radical (unpaired) electrons. The highest BCUT2D eigenvalue weighted by molar-refractivity contribution is 7.85. The number of benzene rings is 2. The normalized spacial score (nSPS) is 11.6. The Balaban J connectivity index is 0.000000346.